The summed E-state index contributed by atoms with van der Waals surface area (Å²) in [5.74, 6) is -1.42. The molecule has 0 aromatic rings. The normalized spacial score (nSPS) is 14.4. The summed E-state index contributed by atoms with van der Waals surface area (Å²) in [6.07, 6.45) is 32.3. The van der Waals surface area contributed by atoms with Crippen molar-refractivity contribution in [3.05, 3.63) is 0 Å². The molecule has 450 valence electrons. The molecule has 0 rings (SSSR count). The van der Waals surface area contributed by atoms with Crippen LogP contribution >= 0.6 is 15.6 Å². The molecule has 0 aromatic heterocycles. The summed E-state index contributed by atoms with van der Waals surface area (Å²) in [5, 5.41) is 10.5. The third-order valence-corrected chi connectivity index (χ3v) is 14.9. The summed E-state index contributed by atoms with van der Waals surface area (Å²) in [6.45, 7) is 7.02. The molecule has 3 N–H and O–H groups in total. The van der Waals surface area contributed by atoms with E-state index in [0.717, 1.165) is 121 Å². The van der Waals surface area contributed by atoms with Gasteiger partial charge >= 0.3 is 39.5 Å². The van der Waals surface area contributed by atoms with E-state index in [1.807, 2.05) is 0 Å². The van der Waals surface area contributed by atoms with Gasteiger partial charge in [0.15, 0.2) is 12.2 Å². The van der Waals surface area contributed by atoms with Crippen molar-refractivity contribution in [3.8, 4) is 0 Å². The van der Waals surface area contributed by atoms with E-state index < -0.39 is 97.5 Å². The molecule has 0 spiro atoms. The van der Waals surface area contributed by atoms with E-state index in [2.05, 4.69) is 34.6 Å². The largest absolute Gasteiger partial charge is 0.472 e. The fourth-order valence-corrected chi connectivity index (χ4v) is 9.92. The number of rotatable bonds is 57. The molecule has 5 atom stereocenters. The van der Waals surface area contributed by atoms with Crippen LogP contribution in [0.1, 0.15) is 279 Å². The average molecular weight is 1130 g/mol. The number of phosphoric acid groups is 2. The number of unbranched alkanes of at least 4 members (excludes halogenated alkanes) is 29. The Morgan fingerprint density at radius 1 is 0.355 bits per heavy atom. The highest BCUT2D eigenvalue weighted by Crippen LogP contribution is 2.45. The predicted octanol–water partition coefficient (Wildman–Crippen LogP) is 15.1. The Morgan fingerprint density at radius 2 is 0.605 bits per heavy atom. The molecule has 76 heavy (non-hydrogen) atoms. The summed E-state index contributed by atoms with van der Waals surface area (Å²) in [7, 11) is -9.86. The number of ether oxygens (including phenoxy) is 4. The molecule has 0 radical (unpaired) electrons. The third kappa shape index (κ3) is 51.5. The zero-order chi connectivity index (χ0) is 56.4. The van der Waals surface area contributed by atoms with Crippen molar-refractivity contribution < 1.29 is 80.2 Å². The van der Waals surface area contributed by atoms with Crippen LogP contribution in [0.3, 0.4) is 0 Å². The average Bonchev–Trinajstić information content (AvgIpc) is 3.38. The lowest BCUT2D eigenvalue weighted by molar-refractivity contribution is -0.161. The molecule has 17 nitrogen and oxygen atoms in total. The fraction of sp³-hybridized carbons (Fsp3) is 0.930. The Labute approximate surface area is 460 Å². The highest BCUT2D eigenvalue weighted by molar-refractivity contribution is 7.47. The fourth-order valence-electron chi connectivity index (χ4n) is 8.34. The van der Waals surface area contributed by atoms with Gasteiger partial charge in [0.2, 0.25) is 0 Å². The lowest BCUT2D eigenvalue weighted by Gasteiger charge is -2.21. The number of aliphatic hydroxyl groups excluding tert-OH is 1. The zero-order valence-electron chi connectivity index (χ0n) is 48.4. The van der Waals surface area contributed by atoms with Crippen LogP contribution in [0.25, 0.3) is 0 Å². The van der Waals surface area contributed by atoms with Gasteiger partial charge in [-0.3, -0.25) is 37.3 Å². The maximum atomic E-state index is 12.9. The predicted molar refractivity (Wildman–Crippen MR) is 298 cm³/mol. The summed E-state index contributed by atoms with van der Waals surface area (Å²) in [4.78, 5) is 71.6. The third-order valence-electron chi connectivity index (χ3n) is 13.0. The first kappa shape index (κ1) is 74.1. The minimum atomic E-state index is -4.93. The summed E-state index contributed by atoms with van der Waals surface area (Å²) >= 11 is 0. The molecule has 0 saturated heterocycles. The second-order valence-corrected chi connectivity index (χ2v) is 24.1. The SMILES string of the molecule is CCCCCCCCCCCCC(=O)OC[C@H](COP(=O)(O)OC[C@@H](O)COP(=O)(O)OC[C@@H](COC(=O)CCCCCCCCC)OC(=O)CCCCCCCCC)OC(=O)CCCCCCCCCCCC(C)C. The van der Waals surface area contributed by atoms with Gasteiger partial charge in [-0.2, -0.15) is 0 Å². The van der Waals surface area contributed by atoms with Gasteiger partial charge in [-0.15, -0.1) is 0 Å². The minimum absolute atomic E-state index is 0.103. The number of hydrogen-bond acceptors (Lipinski definition) is 15. The van der Waals surface area contributed by atoms with Crippen LogP contribution in [0, 0.1) is 5.92 Å². The minimum Gasteiger partial charge on any atom is -0.462 e. The van der Waals surface area contributed by atoms with Gasteiger partial charge in [0.1, 0.15) is 19.3 Å². The molecular formula is C57H110O17P2. The molecule has 0 fully saturated rings. The lowest BCUT2D eigenvalue weighted by Crippen LogP contribution is -2.30. The molecule has 0 aliphatic carbocycles. The monoisotopic (exact) mass is 1130 g/mol. The summed E-state index contributed by atoms with van der Waals surface area (Å²) < 4.78 is 67.5. The molecular weight excluding hydrogens is 1020 g/mol. The standard InChI is InChI=1S/C57H110O17P2/c1-6-9-12-15-18-19-22-27-31-36-41-55(60)68-47-53(74-57(62)43-38-33-28-23-20-21-26-29-34-39-50(4)5)49-72-76(65,66)70-45-51(58)44-69-75(63,64)71-48-52(73-56(61)42-37-32-25-17-14-11-8-3)46-67-54(59)40-35-30-24-16-13-10-7-2/h50-53,58H,6-49H2,1-5H3,(H,63,64)(H,65,66)/t51-,52+,53+/m0/s1. The Hall–Kier alpha value is -1.94. The van der Waals surface area contributed by atoms with Crippen LogP contribution < -0.4 is 0 Å². The van der Waals surface area contributed by atoms with E-state index in [0.29, 0.717) is 25.7 Å². The number of hydrogen-bond donors (Lipinski definition) is 3. The first-order valence-corrected chi connectivity index (χ1v) is 33.1. The molecule has 19 heteroatoms. The van der Waals surface area contributed by atoms with Crippen molar-refractivity contribution in [2.75, 3.05) is 39.6 Å². The van der Waals surface area contributed by atoms with Gasteiger partial charge < -0.3 is 33.8 Å². The van der Waals surface area contributed by atoms with Gasteiger partial charge in [-0.1, -0.05) is 227 Å². The van der Waals surface area contributed by atoms with Gasteiger partial charge in [0.25, 0.3) is 0 Å². The Balaban J connectivity index is 5.19. The van der Waals surface area contributed by atoms with Crippen LogP contribution in [-0.2, 0) is 65.4 Å². The van der Waals surface area contributed by atoms with Gasteiger partial charge in [0, 0.05) is 25.7 Å². The number of carbonyl (C=O) groups excluding carboxylic acids is 4. The van der Waals surface area contributed by atoms with Gasteiger partial charge in [-0.25, -0.2) is 9.13 Å². The Morgan fingerprint density at radius 3 is 0.895 bits per heavy atom. The molecule has 0 bridgehead atoms. The topological polar surface area (TPSA) is 237 Å². The zero-order valence-corrected chi connectivity index (χ0v) is 50.2. The van der Waals surface area contributed by atoms with E-state index in [1.54, 1.807) is 0 Å². The van der Waals surface area contributed by atoms with E-state index in [4.69, 9.17) is 37.0 Å². The quantitative estimate of drug-likeness (QED) is 0.0222. The van der Waals surface area contributed by atoms with Gasteiger partial charge in [-0.05, 0) is 31.6 Å². The van der Waals surface area contributed by atoms with E-state index in [1.165, 1.54) is 77.0 Å². The lowest BCUT2D eigenvalue weighted by atomic mass is 10.0. The van der Waals surface area contributed by atoms with Crippen molar-refractivity contribution in [2.24, 2.45) is 5.92 Å². The summed E-state index contributed by atoms with van der Waals surface area (Å²) in [6, 6.07) is 0. The number of carbonyl (C=O) groups is 4. The molecule has 0 aliphatic rings. The van der Waals surface area contributed by atoms with Gasteiger partial charge in [0.05, 0.1) is 26.4 Å². The molecule has 2 unspecified atom stereocenters. The molecule has 0 amide bonds. The maximum absolute atomic E-state index is 12.9. The van der Waals surface area contributed by atoms with Crippen LogP contribution in [0.4, 0.5) is 0 Å². The van der Waals surface area contributed by atoms with E-state index >= 15 is 0 Å². The highest BCUT2D eigenvalue weighted by atomic mass is 31.2. The van der Waals surface area contributed by atoms with Crippen molar-refractivity contribution in [1.29, 1.82) is 0 Å². The van der Waals surface area contributed by atoms with Crippen LogP contribution in [0.5, 0.6) is 0 Å². The van der Waals surface area contributed by atoms with Crippen molar-refractivity contribution in [1.82, 2.24) is 0 Å². The molecule has 0 aromatic carbocycles. The highest BCUT2D eigenvalue weighted by Gasteiger charge is 2.30. The Kier molecular flexibility index (Phi) is 49.9. The summed E-state index contributed by atoms with van der Waals surface area (Å²) in [5.41, 5.74) is 0. The second kappa shape index (κ2) is 51.2. The molecule has 0 aliphatic heterocycles. The first-order chi connectivity index (χ1) is 36.5. The van der Waals surface area contributed by atoms with Crippen LogP contribution in [0.15, 0.2) is 0 Å². The number of esters is 4. The Bertz CT molecular complexity index is 1500. The molecule has 0 heterocycles. The second-order valence-electron chi connectivity index (χ2n) is 21.2. The molecule has 0 saturated carbocycles. The van der Waals surface area contributed by atoms with Crippen molar-refractivity contribution in [3.63, 3.8) is 0 Å². The van der Waals surface area contributed by atoms with Crippen LogP contribution in [-0.4, -0.2) is 96.7 Å². The van der Waals surface area contributed by atoms with Crippen LogP contribution in [0.2, 0.25) is 0 Å². The number of phosphoric ester groups is 2. The van der Waals surface area contributed by atoms with E-state index in [-0.39, 0.29) is 25.7 Å². The van der Waals surface area contributed by atoms with Crippen molar-refractivity contribution >= 4 is 39.5 Å². The first-order valence-electron chi connectivity index (χ1n) is 30.1. The number of aliphatic hydroxyl groups is 1. The van der Waals surface area contributed by atoms with Crippen molar-refractivity contribution in [2.45, 2.75) is 297 Å². The smallest absolute Gasteiger partial charge is 0.462 e. The maximum Gasteiger partial charge on any atom is 0.472 e. The van der Waals surface area contributed by atoms with E-state index in [9.17, 15) is 43.2 Å².